The van der Waals surface area contributed by atoms with Crippen LogP contribution in [0.3, 0.4) is 0 Å². The van der Waals surface area contributed by atoms with Gasteiger partial charge < -0.3 is 10.2 Å². The second kappa shape index (κ2) is 13.3. The molecule has 0 aliphatic heterocycles. The third-order valence-corrected chi connectivity index (χ3v) is 3.89. The van der Waals surface area contributed by atoms with Crippen LogP contribution in [0.5, 0.6) is 0 Å². The van der Waals surface area contributed by atoms with Crippen LogP contribution in [-0.4, -0.2) is 81.3 Å². The SMILES string of the molecule is O=C(O)/C(CCc1ccccc1)=C(/CCc1ccccc1)C(=O)O.[NaH].[NaH]. The normalized spacial score (nSPS) is 10.8. The number of aryl methyl sites for hydroxylation is 2. The molecule has 0 saturated heterocycles. The van der Waals surface area contributed by atoms with Crippen LogP contribution in [0.4, 0.5) is 0 Å². The molecule has 0 aliphatic carbocycles. The Balaban J connectivity index is 0.00000312. The number of aliphatic carboxylic acids is 2. The number of hydrogen-bond donors (Lipinski definition) is 2. The average Bonchev–Trinajstić information content (AvgIpc) is 2.59. The van der Waals surface area contributed by atoms with Crippen molar-refractivity contribution >= 4 is 71.1 Å². The van der Waals surface area contributed by atoms with E-state index in [0.29, 0.717) is 12.8 Å². The molecular formula is C20H22Na2O4. The zero-order valence-corrected chi connectivity index (χ0v) is 13.3. The summed E-state index contributed by atoms with van der Waals surface area (Å²) in [5.41, 5.74) is 1.96. The number of benzene rings is 2. The van der Waals surface area contributed by atoms with Crippen molar-refractivity contribution in [1.29, 1.82) is 0 Å². The van der Waals surface area contributed by atoms with Gasteiger partial charge in [0.2, 0.25) is 0 Å². The predicted molar refractivity (Wildman–Crippen MR) is 106 cm³/mol. The first-order valence-electron chi connectivity index (χ1n) is 7.84. The maximum absolute atomic E-state index is 11.6. The number of rotatable bonds is 8. The summed E-state index contributed by atoms with van der Waals surface area (Å²) < 4.78 is 0. The molecule has 0 atom stereocenters. The Morgan fingerprint density at radius 1 is 0.615 bits per heavy atom. The molecule has 2 N–H and O–H groups in total. The summed E-state index contributed by atoms with van der Waals surface area (Å²) in [4.78, 5) is 23.1. The van der Waals surface area contributed by atoms with Gasteiger partial charge in [0, 0.05) is 11.1 Å². The van der Waals surface area contributed by atoms with Gasteiger partial charge in [-0.25, -0.2) is 9.59 Å². The standard InChI is InChI=1S/C20H20O4.2Na.2H/c21-19(22)17(13-11-15-7-3-1-4-8-15)18(20(23)24)14-12-16-9-5-2-6-10-16;;;;/h1-10H,11-14H2,(H,21,22)(H,23,24);;;;/b18-17-;;;;. The van der Waals surface area contributed by atoms with E-state index in [-0.39, 0.29) is 83.1 Å². The molecule has 2 aromatic rings. The quantitative estimate of drug-likeness (QED) is 0.551. The van der Waals surface area contributed by atoms with E-state index >= 15 is 0 Å². The molecule has 0 radical (unpaired) electrons. The Bertz CT molecular complexity index is 664. The second-order valence-corrected chi connectivity index (χ2v) is 5.54. The van der Waals surface area contributed by atoms with Gasteiger partial charge >= 0.3 is 71.1 Å². The average molecular weight is 372 g/mol. The van der Waals surface area contributed by atoms with Gasteiger partial charge in [0.15, 0.2) is 0 Å². The van der Waals surface area contributed by atoms with Crippen LogP contribution in [0.1, 0.15) is 24.0 Å². The first-order valence-corrected chi connectivity index (χ1v) is 7.84. The van der Waals surface area contributed by atoms with Crippen LogP contribution in [0.2, 0.25) is 0 Å². The van der Waals surface area contributed by atoms with Crippen molar-refractivity contribution in [3.8, 4) is 0 Å². The number of carboxylic acid groups (broad SMARTS) is 2. The second-order valence-electron chi connectivity index (χ2n) is 5.54. The molecule has 2 aromatic carbocycles. The summed E-state index contributed by atoms with van der Waals surface area (Å²) in [6, 6.07) is 18.9. The molecule has 0 spiro atoms. The molecule has 0 saturated carbocycles. The molecule has 0 bridgehead atoms. The van der Waals surface area contributed by atoms with Crippen molar-refractivity contribution in [2.45, 2.75) is 25.7 Å². The van der Waals surface area contributed by atoms with Crippen molar-refractivity contribution < 1.29 is 19.8 Å². The van der Waals surface area contributed by atoms with Gasteiger partial charge in [-0.05, 0) is 36.8 Å². The molecule has 0 amide bonds. The van der Waals surface area contributed by atoms with Crippen molar-refractivity contribution in [3.63, 3.8) is 0 Å². The summed E-state index contributed by atoms with van der Waals surface area (Å²) in [6.07, 6.45) is 1.42. The van der Waals surface area contributed by atoms with E-state index < -0.39 is 11.9 Å². The minimum atomic E-state index is -1.16. The monoisotopic (exact) mass is 372 g/mol. The number of hydrogen-bond acceptors (Lipinski definition) is 2. The predicted octanol–water partition coefficient (Wildman–Crippen LogP) is 2.42. The summed E-state index contributed by atoms with van der Waals surface area (Å²) in [7, 11) is 0. The number of carbonyl (C=O) groups is 2. The fourth-order valence-electron chi connectivity index (χ4n) is 2.60. The molecule has 0 aliphatic rings. The van der Waals surface area contributed by atoms with E-state index in [2.05, 4.69) is 0 Å². The van der Waals surface area contributed by atoms with Crippen LogP contribution >= 0.6 is 0 Å². The first kappa shape index (κ1) is 25.1. The van der Waals surface area contributed by atoms with Gasteiger partial charge in [0.1, 0.15) is 0 Å². The number of carboxylic acids is 2. The summed E-state index contributed by atoms with van der Waals surface area (Å²) >= 11 is 0. The third kappa shape index (κ3) is 8.21. The van der Waals surface area contributed by atoms with E-state index in [1.165, 1.54) is 0 Å². The molecule has 0 fully saturated rings. The van der Waals surface area contributed by atoms with Gasteiger partial charge in [0.05, 0.1) is 0 Å². The van der Waals surface area contributed by atoms with Gasteiger partial charge in [-0.3, -0.25) is 0 Å². The van der Waals surface area contributed by atoms with E-state index in [0.717, 1.165) is 11.1 Å². The van der Waals surface area contributed by atoms with E-state index in [4.69, 9.17) is 0 Å². The molecule has 0 unspecified atom stereocenters. The van der Waals surface area contributed by atoms with Gasteiger partial charge in [0.25, 0.3) is 0 Å². The first-order chi connectivity index (χ1) is 11.6. The molecule has 6 heteroatoms. The van der Waals surface area contributed by atoms with Crippen molar-refractivity contribution in [2.24, 2.45) is 0 Å². The zero-order valence-electron chi connectivity index (χ0n) is 13.3. The molecular weight excluding hydrogens is 350 g/mol. The van der Waals surface area contributed by atoms with Crippen molar-refractivity contribution in [2.75, 3.05) is 0 Å². The summed E-state index contributed by atoms with van der Waals surface area (Å²) in [5.74, 6) is -2.31. The Morgan fingerprint density at radius 3 is 1.19 bits per heavy atom. The molecule has 26 heavy (non-hydrogen) atoms. The Kier molecular flexibility index (Phi) is 12.9. The van der Waals surface area contributed by atoms with E-state index in [1.807, 2.05) is 60.7 Å². The zero-order chi connectivity index (χ0) is 17.4. The minimum absolute atomic E-state index is 0. The van der Waals surface area contributed by atoms with Gasteiger partial charge in [-0.15, -0.1) is 0 Å². The maximum atomic E-state index is 11.6. The van der Waals surface area contributed by atoms with Gasteiger partial charge in [-0.2, -0.15) is 0 Å². The Hall–Kier alpha value is -0.880. The van der Waals surface area contributed by atoms with Crippen molar-refractivity contribution in [1.82, 2.24) is 0 Å². The molecule has 4 nitrogen and oxygen atoms in total. The van der Waals surface area contributed by atoms with Crippen LogP contribution < -0.4 is 0 Å². The molecule has 0 heterocycles. The molecule has 2 rings (SSSR count). The Morgan fingerprint density at radius 2 is 0.923 bits per heavy atom. The van der Waals surface area contributed by atoms with Crippen LogP contribution in [0.25, 0.3) is 0 Å². The molecule has 0 aromatic heterocycles. The summed E-state index contributed by atoms with van der Waals surface area (Å²) in [6.45, 7) is 0. The fraction of sp³-hybridized carbons (Fsp3) is 0.200. The van der Waals surface area contributed by atoms with Crippen LogP contribution in [0.15, 0.2) is 71.8 Å². The van der Waals surface area contributed by atoms with E-state index in [9.17, 15) is 19.8 Å². The third-order valence-electron chi connectivity index (χ3n) is 3.89. The van der Waals surface area contributed by atoms with Gasteiger partial charge in [-0.1, -0.05) is 60.7 Å². The fourth-order valence-corrected chi connectivity index (χ4v) is 2.60. The Labute approximate surface area is 197 Å². The van der Waals surface area contributed by atoms with Crippen LogP contribution in [-0.2, 0) is 22.4 Å². The summed E-state index contributed by atoms with van der Waals surface area (Å²) in [5, 5.41) is 18.9. The topological polar surface area (TPSA) is 74.6 Å². The van der Waals surface area contributed by atoms with E-state index in [1.54, 1.807) is 0 Å². The molecule has 128 valence electrons. The van der Waals surface area contributed by atoms with Crippen molar-refractivity contribution in [3.05, 3.63) is 82.9 Å². The van der Waals surface area contributed by atoms with Crippen LogP contribution in [0, 0.1) is 0 Å².